The lowest BCUT2D eigenvalue weighted by atomic mass is 10.1. The van der Waals surface area contributed by atoms with Crippen molar-refractivity contribution >= 4 is 11.9 Å². The van der Waals surface area contributed by atoms with Crippen molar-refractivity contribution in [2.75, 3.05) is 26.9 Å². The van der Waals surface area contributed by atoms with E-state index in [9.17, 15) is 9.59 Å². The quantitative estimate of drug-likeness (QED) is 0.665. The third-order valence-corrected chi connectivity index (χ3v) is 3.32. The standard InChI is InChI=1S/C13H23NO5/c1-3-19-6-4-5-12(15)14-9-11(18-2)7-10(14)8-13(16)17/h10-11H,3-9H2,1-2H3,(H,16,17). The fraction of sp³-hybridized carbons (Fsp3) is 0.846. The van der Waals surface area contributed by atoms with Gasteiger partial charge in [0, 0.05) is 39.3 Å². The molecule has 1 rings (SSSR count). The van der Waals surface area contributed by atoms with E-state index >= 15 is 0 Å². The lowest BCUT2D eigenvalue weighted by Crippen LogP contribution is -2.37. The topological polar surface area (TPSA) is 76.1 Å². The van der Waals surface area contributed by atoms with Crippen molar-refractivity contribution < 1.29 is 24.2 Å². The van der Waals surface area contributed by atoms with Crippen LogP contribution in [0.2, 0.25) is 0 Å². The number of rotatable bonds is 8. The third-order valence-electron chi connectivity index (χ3n) is 3.32. The van der Waals surface area contributed by atoms with Crippen molar-refractivity contribution in [1.29, 1.82) is 0 Å². The summed E-state index contributed by atoms with van der Waals surface area (Å²) >= 11 is 0. The number of likely N-dealkylation sites (tertiary alicyclic amines) is 1. The SMILES string of the molecule is CCOCCCC(=O)N1CC(OC)CC1CC(=O)O. The van der Waals surface area contributed by atoms with Gasteiger partial charge in [-0.3, -0.25) is 9.59 Å². The molecule has 0 saturated carbocycles. The first kappa shape index (κ1) is 15.9. The first-order chi connectivity index (χ1) is 9.08. The van der Waals surface area contributed by atoms with E-state index in [0.717, 1.165) is 0 Å². The number of methoxy groups -OCH3 is 1. The summed E-state index contributed by atoms with van der Waals surface area (Å²) in [5, 5.41) is 8.88. The van der Waals surface area contributed by atoms with Gasteiger partial charge in [-0.15, -0.1) is 0 Å². The van der Waals surface area contributed by atoms with Gasteiger partial charge in [-0.1, -0.05) is 0 Å². The number of ether oxygens (including phenoxy) is 2. The lowest BCUT2D eigenvalue weighted by molar-refractivity contribution is -0.140. The molecular formula is C13H23NO5. The van der Waals surface area contributed by atoms with E-state index in [-0.39, 0.29) is 24.5 Å². The maximum Gasteiger partial charge on any atom is 0.305 e. The molecule has 110 valence electrons. The lowest BCUT2D eigenvalue weighted by Gasteiger charge is -2.23. The fourth-order valence-electron chi connectivity index (χ4n) is 2.36. The van der Waals surface area contributed by atoms with E-state index in [1.54, 1.807) is 12.0 Å². The average Bonchev–Trinajstić information content (AvgIpc) is 2.76. The van der Waals surface area contributed by atoms with Crippen LogP contribution in [-0.4, -0.2) is 60.9 Å². The zero-order valence-corrected chi connectivity index (χ0v) is 11.6. The summed E-state index contributed by atoms with van der Waals surface area (Å²) in [6.45, 7) is 3.61. The molecule has 2 unspecified atom stereocenters. The molecule has 2 atom stereocenters. The van der Waals surface area contributed by atoms with Gasteiger partial charge in [0.15, 0.2) is 0 Å². The van der Waals surface area contributed by atoms with Crippen molar-refractivity contribution in [3.8, 4) is 0 Å². The molecule has 1 N–H and O–H groups in total. The van der Waals surface area contributed by atoms with E-state index in [2.05, 4.69) is 0 Å². The molecule has 1 aliphatic rings. The summed E-state index contributed by atoms with van der Waals surface area (Å²) in [5.41, 5.74) is 0. The minimum atomic E-state index is -0.881. The van der Waals surface area contributed by atoms with E-state index in [1.807, 2.05) is 6.92 Å². The molecule has 0 aromatic rings. The average molecular weight is 273 g/mol. The van der Waals surface area contributed by atoms with Crippen LogP contribution in [0.3, 0.4) is 0 Å². The second-order valence-corrected chi connectivity index (χ2v) is 4.69. The van der Waals surface area contributed by atoms with Gasteiger partial charge >= 0.3 is 5.97 Å². The van der Waals surface area contributed by atoms with Crippen LogP contribution in [0.4, 0.5) is 0 Å². The number of amides is 1. The van der Waals surface area contributed by atoms with Gasteiger partial charge in [-0.25, -0.2) is 0 Å². The summed E-state index contributed by atoms with van der Waals surface area (Å²) in [6, 6.07) is -0.248. The second-order valence-electron chi connectivity index (χ2n) is 4.69. The van der Waals surface area contributed by atoms with Crippen LogP contribution in [0, 0.1) is 0 Å². The monoisotopic (exact) mass is 273 g/mol. The first-order valence-electron chi connectivity index (χ1n) is 6.70. The molecule has 0 bridgehead atoms. The molecule has 6 nitrogen and oxygen atoms in total. The number of carbonyl (C=O) groups excluding carboxylic acids is 1. The minimum absolute atomic E-state index is 0.00879. The van der Waals surface area contributed by atoms with Crippen LogP contribution in [0.1, 0.15) is 32.6 Å². The highest BCUT2D eigenvalue weighted by Crippen LogP contribution is 2.23. The van der Waals surface area contributed by atoms with Crippen molar-refractivity contribution in [3.63, 3.8) is 0 Å². The molecule has 1 amide bonds. The summed E-state index contributed by atoms with van der Waals surface area (Å²) in [5.74, 6) is -0.889. The van der Waals surface area contributed by atoms with Crippen LogP contribution < -0.4 is 0 Å². The molecule has 6 heteroatoms. The number of carboxylic acid groups (broad SMARTS) is 1. The molecule has 0 aliphatic carbocycles. The molecule has 1 heterocycles. The number of carboxylic acids is 1. The van der Waals surface area contributed by atoms with E-state index in [0.29, 0.717) is 39.0 Å². The summed E-state index contributed by atoms with van der Waals surface area (Å²) in [4.78, 5) is 24.5. The molecule has 1 aliphatic heterocycles. The number of nitrogens with zero attached hydrogens (tertiary/aromatic N) is 1. The highest BCUT2D eigenvalue weighted by atomic mass is 16.5. The minimum Gasteiger partial charge on any atom is -0.481 e. The van der Waals surface area contributed by atoms with Gasteiger partial charge in [0.2, 0.25) is 5.91 Å². The molecule has 0 aromatic carbocycles. The number of hydrogen-bond donors (Lipinski definition) is 1. The van der Waals surface area contributed by atoms with Crippen molar-refractivity contribution in [2.24, 2.45) is 0 Å². The predicted octanol–water partition coefficient (Wildman–Crippen LogP) is 0.894. The molecule has 0 radical (unpaired) electrons. The second kappa shape index (κ2) is 8.12. The maximum absolute atomic E-state index is 12.1. The van der Waals surface area contributed by atoms with Gasteiger partial charge in [0.25, 0.3) is 0 Å². The number of aliphatic carboxylic acids is 1. The zero-order chi connectivity index (χ0) is 14.3. The summed E-state index contributed by atoms with van der Waals surface area (Å²) in [7, 11) is 1.59. The Hall–Kier alpha value is -1.14. The molecule has 0 spiro atoms. The van der Waals surface area contributed by atoms with Crippen molar-refractivity contribution in [1.82, 2.24) is 4.90 Å². The Morgan fingerprint density at radius 2 is 2.16 bits per heavy atom. The Morgan fingerprint density at radius 3 is 2.74 bits per heavy atom. The molecule has 1 saturated heterocycles. The highest BCUT2D eigenvalue weighted by Gasteiger charge is 2.36. The predicted molar refractivity (Wildman–Crippen MR) is 68.9 cm³/mol. The Kier molecular flexibility index (Phi) is 6.80. The third kappa shape index (κ3) is 5.16. The number of hydrogen-bond acceptors (Lipinski definition) is 4. The summed E-state index contributed by atoms with van der Waals surface area (Å²) < 4.78 is 10.4. The Labute approximate surface area is 113 Å². The first-order valence-corrected chi connectivity index (χ1v) is 6.70. The van der Waals surface area contributed by atoms with Gasteiger partial charge in [-0.2, -0.15) is 0 Å². The van der Waals surface area contributed by atoms with E-state index < -0.39 is 5.97 Å². The molecule has 1 fully saturated rings. The zero-order valence-electron chi connectivity index (χ0n) is 11.6. The highest BCUT2D eigenvalue weighted by molar-refractivity contribution is 5.78. The molecule has 19 heavy (non-hydrogen) atoms. The smallest absolute Gasteiger partial charge is 0.305 e. The summed E-state index contributed by atoms with van der Waals surface area (Å²) in [6.07, 6.45) is 1.59. The fourth-order valence-corrected chi connectivity index (χ4v) is 2.36. The maximum atomic E-state index is 12.1. The molecule has 0 aromatic heterocycles. The van der Waals surface area contributed by atoms with Crippen LogP contribution >= 0.6 is 0 Å². The van der Waals surface area contributed by atoms with Gasteiger partial charge < -0.3 is 19.5 Å². The van der Waals surface area contributed by atoms with Gasteiger partial charge in [0.05, 0.1) is 12.5 Å². The van der Waals surface area contributed by atoms with Gasteiger partial charge in [-0.05, 0) is 19.8 Å². The normalized spacial score (nSPS) is 22.7. The molecular weight excluding hydrogens is 250 g/mol. The van der Waals surface area contributed by atoms with Crippen molar-refractivity contribution in [3.05, 3.63) is 0 Å². The Morgan fingerprint density at radius 1 is 1.42 bits per heavy atom. The van der Waals surface area contributed by atoms with Crippen LogP contribution in [0.15, 0.2) is 0 Å². The number of carbonyl (C=O) groups is 2. The van der Waals surface area contributed by atoms with Crippen molar-refractivity contribution in [2.45, 2.75) is 44.8 Å². The van der Waals surface area contributed by atoms with Gasteiger partial charge in [0.1, 0.15) is 0 Å². The van der Waals surface area contributed by atoms with Crippen LogP contribution in [-0.2, 0) is 19.1 Å². The van der Waals surface area contributed by atoms with E-state index in [4.69, 9.17) is 14.6 Å². The Bertz CT molecular complexity index is 307. The largest absolute Gasteiger partial charge is 0.481 e. The van der Waals surface area contributed by atoms with Crippen LogP contribution in [0.25, 0.3) is 0 Å². The van der Waals surface area contributed by atoms with E-state index in [1.165, 1.54) is 0 Å². The van der Waals surface area contributed by atoms with Crippen LogP contribution in [0.5, 0.6) is 0 Å². The Balaban J connectivity index is 2.46.